The minimum Gasteiger partial charge on any atom is -0.321 e. The molecule has 0 atom stereocenters. The van der Waals surface area contributed by atoms with Crippen LogP contribution < -0.4 is 10.6 Å². The second-order valence-electron chi connectivity index (χ2n) is 8.34. The van der Waals surface area contributed by atoms with Crippen LogP contribution in [-0.4, -0.2) is 16.7 Å². The normalized spacial score (nSPS) is 11.9. The third kappa shape index (κ3) is 6.27. The van der Waals surface area contributed by atoms with E-state index in [-0.39, 0.29) is 17.3 Å². The van der Waals surface area contributed by atoms with Crippen molar-refractivity contribution in [1.82, 2.24) is 5.32 Å². The molecule has 2 N–H and O–H groups in total. The molecule has 0 heterocycles. The summed E-state index contributed by atoms with van der Waals surface area (Å²) in [4.78, 5) is 35.6. The number of anilines is 1. The van der Waals surface area contributed by atoms with Crippen LogP contribution >= 0.6 is 0 Å². The smallest absolute Gasteiger partial charge is 0.272 e. The van der Waals surface area contributed by atoms with Crippen molar-refractivity contribution in [3.63, 3.8) is 0 Å². The zero-order chi connectivity index (χ0) is 22.5. The van der Waals surface area contributed by atoms with Crippen LogP contribution in [0, 0.1) is 15.5 Å². The first kappa shape index (κ1) is 22.8. The second-order valence-corrected chi connectivity index (χ2v) is 8.34. The van der Waals surface area contributed by atoms with Crippen LogP contribution in [0.15, 0.2) is 54.2 Å². The summed E-state index contributed by atoms with van der Waals surface area (Å²) in [5.74, 6) is -0.436. The number of nitrogens with one attached hydrogen (secondary N) is 2. The number of nitro groups is 1. The quantitative estimate of drug-likeness (QED) is 0.404. The average molecular weight is 409 g/mol. The highest BCUT2D eigenvalue weighted by Gasteiger charge is 2.24. The Morgan fingerprint density at radius 3 is 2.03 bits per heavy atom. The van der Waals surface area contributed by atoms with Crippen molar-refractivity contribution in [2.75, 3.05) is 5.32 Å². The molecule has 2 aromatic rings. The van der Waals surface area contributed by atoms with E-state index in [0.29, 0.717) is 11.6 Å². The first-order valence-electron chi connectivity index (χ1n) is 9.66. The van der Waals surface area contributed by atoms with E-state index in [1.165, 1.54) is 29.8 Å². The summed E-state index contributed by atoms with van der Waals surface area (Å²) in [6.07, 6.45) is 1.61. The lowest BCUT2D eigenvalue weighted by molar-refractivity contribution is -0.384. The van der Waals surface area contributed by atoms with Gasteiger partial charge in [-0.1, -0.05) is 58.9 Å². The molecule has 7 heteroatoms. The van der Waals surface area contributed by atoms with Crippen LogP contribution in [0.4, 0.5) is 11.4 Å². The van der Waals surface area contributed by atoms with Gasteiger partial charge in [-0.3, -0.25) is 19.7 Å². The van der Waals surface area contributed by atoms with E-state index in [1.54, 1.807) is 26.8 Å². The molecule has 0 aromatic heterocycles. The van der Waals surface area contributed by atoms with Gasteiger partial charge >= 0.3 is 0 Å². The fraction of sp³-hybridized carbons (Fsp3) is 0.304. The van der Waals surface area contributed by atoms with Crippen LogP contribution in [0.1, 0.15) is 51.7 Å². The van der Waals surface area contributed by atoms with Crippen molar-refractivity contribution in [2.24, 2.45) is 5.41 Å². The standard InChI is InChI=1S/C23H27N3O4/c1-15(2)17-8-6-16(7-9-17)14-20(25-22(28)23(3,4)5)21(27)24-18-10-12-19(13-11-18)26(29)30/h6-15H,1-5H3,(H,24,27)(H,25,28)/b20-14+. The topological polar surface area (TPSA) is 101 Å². The number of benzene rings is 2. The molecule has 0 bridgehead atoms. The van der Waals surface area contributed by atoms with Crippen molar-refractivity contribution in [2.45, 2.75) is 40.5 Å². The lowest BCUT2D eigenvalue weighted by Gasteiger charge is -2.19. The lowest BCUT2D eigenvalue weighted by Crippen LogP contribution is -2.38. The number of hydrogen-bond donors (Lipinski definition) is 2. The fourth-order valence-electron chi connectivity index (χ4n) is 2.48. The van der Waals surface area contributed by atoms with Gasteiger partial charge in [-0.25, -0.2) is 0 Å². The van der Waals surface area contributed by atoms with Gasteiger partial charge in [0.2, 0.25) is 5.91 Å². The third-order valence-corrected chi connectivity index (χ3v) is 4.42. The second kappa shape index (κ2) is 9.35. The summed E-state index contributed by atoms with van der Waals surface area (Å²) in [6.45, 7) is 9.46. The van der Waals surface area contributed by atoms with Crippen LogP contribution in [0.5, 0.6) is 0 Å². The van der Waals surface area contributed by atoms with E-state index in [0.717, 1.165) is 5.56 Å². The monoisotopic (exact) mass is 409 g/mol. The Labute approximate surface area is 176 Å². The third-order valence-electron chi connectivity index (χ3n) is 4.42. The maximum Gasteiger partial charge on any atom is 0.272 e. The minimum atomic E-state index is -0.686. The molecule has 2 amide bonds. The zero-order valence-electron chi connectivity index (χ0n) is 17.9. The molecule has 0 unspecified atom stereocenters. The number of nitrogens with zero attached hydrogens (tertiary/aromatic N) is 1. The predicted octanol–water partition coefficient (Wildman–Crippen LogP) is 4.86. The lowest BCUT2D eigenvalue weighted by atomic mass is 9.95. The van der Waals surface area contributed by atoms with Gasteiger partial charge in [-0.2, -0.15) is 0 Å². The largest absolute Gasteiger partial charge is 0.321 e. The highest BCUT2D eigenvalue weighted by molar-refractivity contribution is 6.09. The molecule has 0 saturated carbocycles. The van der Waals surface area contributed by atoms with Gasteiger partial charge < -0.3 is 10.6 Å². The number of hydrogen-bond acceptors (Lipinski definition) is 4. The summed E-state index contributed by atoms with van der Waals surface area (Å²) in [5, 5.41) is 16.2. The van der Waals surface area contributed by atoms with Crippen LogP contribution in [0.25, 0.3) is 6.08 Å². The Morgan fingerprint density at radius 2 is 1.57 bits per heavy atom. The van der Waals surface area contributed by atoms with Crippen molar-refractivity contribution in [3.8, 4) is 0 Å². The predicted molar refractivity (Wildman–Crippen MR) is 118 cm³/mol. The van der Waals surface area contributed by atoms with Gasteiger partial charge in [0, 0.05) is 23.2 Å². The average Bonchev–Trinajstić information content (AvgIpc) is 2.67. The minimum absolute atomic E-state index is 0.0740. The Balaban J connectivity index is 2.30. The summed E-state index contributed by atoms with van der Waals surface area (Å²) < 4.78 is 0. The maximum atomic E-state index is 12.8. The van der Waals surface area contributed by atoms with Gasteiger partial charge in [-0.05, 0) is 35.3 Å². The van der Waals surface area contributed by atoms with Crippen molar-refractivity contribution >= 4 is 29.3 Å². The molecular formula is C23H27N3O4. The van der Waals surface area contributed by atoms with Gasteiger partial charge in [0.15, 0.2) is 0 Å². The Hall–Kier alpha value is -3.48. The molecule has 7 nitrogen and oxygen atoms in total. The van der Waals surface area contributed by atoms with Crippen LogP contribution in [0.2, 0.25) is 0 Å². The molecule has 0 fully saturated rings. The van der Waals surface area contributed by atoms with Gasteiger partial charge in [0.1, 0.15) is 5.70 Å². The Kier molecular flexibility index (Phi) is 7.10. The maximum absolute atomic E-state index is 12.8. The summed E-state index contributed by atoms with van der Waals surface area (Å²) in [6, 6.07) is 13.2. The zero-order valence-corrected chi connectivity index (χ0v) is 17.9. The molecule has 0 aliphatic rings. The van der Waals surface area contributed by atoms with Crippen molar-refractivity contribution in [3.05, 3.63) is 75.5 Å². The molecule has 158 valence electrons. The molecule has 2 aromatic carbocycles. The summed E-state index contributed by atoms with van der Waals surface area (Å²) in [5.41, 5.74) is 1.65. The Morgan fingerprint density at radius 1 is 1.00 bits per heavy atom. The SMILES string of the molecule is CC(C)c1ccc(/C=C(/NC(=O)C(C)(C)C)C(=O)Nc2ccc([N+](=O)[O-])cc2)cc1. The van der Waals surface area contributed by atoms with Crippen molar-refractivity contribution < 1.29 is 14.5 Å². The van der Waals surface area contributed by atoms with Gasteiger partial charge in [-0.15, -0.1) is 0 Å². The van der Waals surface area contributed by atoms with E-state index < -0.39 is 16.2 Å². The molecule has 0 saturated heterocycles. The van der Waals surface area contributed by atoms with E-state index >= 15 is 0 Å². The van der Waals surface area contributed by atoms with Crippen LogP contribution in [0.3, 0.4) is 0 Å². The first-order valence-corrected chi connectivity index (χ1v) is 9.66. The molecule has 2 rings (SSSR count). The number of carbonyl (C=O) groups excluding carboxylic acids is 2. The number of amides is 2. The molecule has 0 radical (unpaired) electrons. The Bertz CT molecular complexity index is 953. The van der Waals surface area contributed by atoms with Gasteiger partial charge in [0.05, 0.1) is 4.92 Å². The highest BCUT2D eigenvalue weighted by atomic mass is 16.6. The molecule has 0 aliphatic heterocycles. The number of carbonyl (C=O) groups is 2. The molecule has 0 spiro atoms. The van der Waals surface area contributed by atoms with Crippen LogP contribution in [-0.2, 0) is 9.59 Å². The highest BCUT2D eigenvalue weighted by Crippen LogP contribution is 2.19. The number of nitro benzene ring substituents is 1. The van der Waals surface area contributed by atoms with E-state index in [1.807, 2.05) is 24.3 Å². The van der Waals surface area contributed by atoms with E-state index in [2.05, 4.69) is 24.5 Å². The van der Waals surface area contributed by atoms with E-state index in [4.69, 9.17) is 0 Å². The molecule has 0 aliphatic carbocycles. The fourth-order valence-corrected chi connectivity index (χ4v) is 2.48. The van der Waals surface area contributed by atoms with Crippen molar-refractivity contribution in [1.29, 1.82) is 0 Å². The summed E-state index contributed by atoms with van der Waals surface area (Å²) >= 11 is 0. The number of non-ortho nitro benzene ring substituents is 1. The molecular weight excluding hydrogens is 382 g/mol. The molecule has 30 heavy (non-hydrogen) atoms. The number of rotatable bonds is 6. The summed E-state index contributed by atoms with van der Waals surface area (Å²) in [7, 11) is 0. The van der Waals surface area contributed by atoms with Gasteiger partial charge in [0.25, 0.3) is 11.6 Å². The first-order chi connectivity index (χ1) is 14.0. The van der Waals surface area contributed by atoms with E-state index in [9.17, 15) is 19.7 Å².